The molecular formula is C48H30O. The van der Waals surface area contributed by atoms with Crippen molar-refractivity contribution in [2.75, 3.05) is 0 Å². The van der Waals surface area contributed by atoms with E-state index in [9.17, 15) is 2.74 Å². The second kappa shape index (κ2) is 11.1. The molecule has 1 aromatic heterocycles. The fourth-order valence-electron chi connectivity index (χ4n) is 7.55. The van der Waals surface area contributed by atoms with Gasteiger partial charge in [0.1, 0.15) is 11.2 Å². The summed E-state index contributed by atoms with van der Waals surface area (Å²) < 4.78 is 42.7. The van der Waals surface area contributed by atoms with Gasteiger partial charge >= 0.3 is 0 Å². The first-order valence-electron chi connectivity index (χ1n) is 18.5. The smallest absolute Gasteiger partial charge is 0.143 e. The number of rotatable bonds is 4. The van der Waals surface area contributed by atoms with Crippen molar-refractivity contribution in [3.8, 4) is 44.5 Å². The first-order chi connectivity index (χ1) is 26.0. The van der Waals surface area contributed by atoms with Crippen molar-refractivity contribution in [3.63, 3.8) is 0 Å². The van der Waals surface area contributed by atoms with Crippen LogP contribution in [0.1, 0.15) is 5.48 Å². The molecule has 0 unspecified atom stereocenters. The molecule has 228 valence electrons. The lowest BCUT2D eigenvalue weighted by atomic mass is 9.83. The van der Waals surface area contributed by atoms with Crippen molar-refractivity contribution in [2.45, 2.75) is 0 Å². The Morgan fingerprint density at radius 2 is 0.918 bits per heavy atom. The molecule has 1 heteroatoms. The third-order valence-electron chi connectivity index (χ3n) is 9.80. The summed E-state index contributed by atoms with van der Waals surface area (Å²) in [4.78, 5) is 0. The largest absolute Gasteiger partial charge is 0.455 e. The van der Waals surface area contributed by atoms with Crippen LogP contribution in [0, 0.1) is 0 Å². The van der Waals surface area contributed by atoms with Crippen molar-refractivity contribution < 1.29 is 9.90 Å². The van der Waals surface area contributed by atoms with E-state index in [-0.39, 0.29) is 24.2 Å². The van der Waals surface area contributed by atoms with Gasteiger partial charge in [-0.15, -0.1) is 0 Å². The van der Waals surface area contributed by atoms with Crippen LogP contribution in [-0.2, 0) is 0 Å². The van der Waals surface area contributed by atoms with Crippen molar-refractivity contribution in [3.05, 3.63) is 182 Å². The maximum atomic E-state index is 9.41. The summed E-state index contributed by atoms with van der Waals surface area (Å²) in [5, 5.41) is 8.15. The van der Waals surface area contributed by atoms with Crippen LogP contribution in [0.2, 0.25) is 0 Å². The van der Waals surface area contributed by atoms with E-state index in [1.54, 1.807) is 0 Å². The van der Waals surface area contributed by atoms with Crippen LogP contribution >= 0.6 is 0 Å². The molecule has 10 aromatic rings. The fraction of sp³-hybridized carbons (Fsp3) is 0. The molecule has 0 radical (unpaired) electrons. The van der Waals surface area contributed by atoms with Gasteiger partial charge in [-0.1, -0.05) is 164 Å². The molecule has 0 N–H and O–H groups in total. The second-order valence-corrected chi connectivity index (χ2v) is 12.5. The molecule has 0 aliphatic heterocycles. The SMILES string of the molecule is [2H]c1c([2H])c([2H])c(-c2c3ccccc3c(-c3ccc4oc5c6ccccc6ccc5c4c3)c3ccccc23)c(-c2ccc(-c3ccccc3)cc2)c1[2H]. The Morgan fingerprint density at radius 3 is 1.63 bits per heavy atom. The van der Waals surface area contributed by atoms with Crippen LogP contribution in [0.5, 0.6) is 0 Å². The zero-order chi connectivity index (χ0) is 35.8. The predicted octanol–water partition coefficient (Wildman–Crippen LogP) is 13.7. The topological polar surface area (TPSA) is 13.1 Å². The van der Waals surface area contributed by atoms with Gasteiger partial charge < -0.3 is 4.42 Å². The zero-order valence-electron chi connectivity index (χ0n) is 30.4. The standard InChI is InChI=1S/C48H30O/c1-2-12-31(13-3-1)32-22-24-34(25-23-32)36-15-6-7-17-38(36)47-41-20-10-8-18-39(41)46(40-19-9-11-21-42(40)47)35-27-29-45-44(30-35)43-28-26-33-14-4-5-16-37(33)48(43)49-45/h1-30H/i6D,7D,15D,17D. The second-order valence-electron chi connectivity index (χ2n) is 12.5. The van der Waals surface area contributed by atoms with Crippen molar-refractivity contribution in [1.29, 1.82) is 0 Å². The van der Waals surface area contributed by atoms with Crippen LogP contribution in [0.3, 0.4) is 0 Å². The van der Waals surface area contributed by atoms with E-state index in [1.165, 1.54) is 0 Å². The van der Waals surface area contributed by atoms with Gasteiger partial charge in [0.25, 0.3) is 0 Å². The highest BCUT2D eigenvalue weighted by Gasteiger charge is 2.20. The fourth-order valence-corrected chi connectivity index (χ4v) is 7.55. The zero-order valence-corrected chi connectivity index (χ0v) is 26.4. The Kier molecular flexibility index (Phi) is 5.38. The maximum absolute atomic E-state index is 9.41. The average Bonchev–Trinajstić information content (AvgIpc) is 3.59. The first kappa shape index (κ1) is 23.8. The van der Waals surface area contributed by atoms with Crippen molar-refractivity contribution >= 4 is 54.3 Å². The minimum Gasteiger partial charge on any atom is -0.455 e. The molecule has 0 fully saturated rings. The van der Waals surface area contributed by atoms with Gasteiger partial charge in [-0.3, -0.25) is 0 Å². The summed E-state index contributed by atoms with van der Waals surface area (Å²) >= 11 is 0. The summed E-state index contributed by atoms with van der Waals surface area (Å²) in [6.45, 7) is 0. The number of furan rings is 1. The maximum Gasteiger partial charge on any atom is 0.143 e. The van der Waals surface area contributed by atoms with E-state index >= 15 is 0 Å². The van der Waals surface area contributed by atoms with E-state index in [0.717, 1.165) is 87.6 Å². The van der Waals surface area contributed by atoms with Crippen LogP contribution in [-0.4, -0.2) is 0 Å². The van der Waals surface area contributed by atoms with Gasteiger partial charge in [0.2, 0.25) is 0 Å². The molecule has 0 atom stereocenters. The van der Waals surface area contributed by atoms with Gasteiger partial charge in [-0.25, -0.2) is 0 Å². The third kappa shape index (κ3) is 4.40. The highest BCUT2D eigenvalue weighted by molar-refractivity contribution is 6.23. The normalized spacial score (nSPS) is 12.8. The van der Waals surface area contributed by atoms with Gasteiger partial charge in [0.05, 0.1) is 5.48 Å². The first-order valence-corrected chi connectivity index (χ1v) is 16.5. The lowest BCUT2D eigenvalue weighted by Gasteiger charge is -2.20. The van der Waals surface area contributed by atoms with Gasteiger partial charge in [0.15, 0.2) is 0 Å². The average molecular weight is 627 g/mol. The quantitative estimate of drug-likeness (QED) is 0.177. The molecule has 9 aromatic carbocycles. The molecular weight excluding hydrogens is 593 g/mol. The summed E-state index contributed by atoms with van der Waals surface area (Å²) in [7, 11) is 0. The monoisotopic (exact) mass is 626 g/mol. The van der Waals surface area contributed by atoms with Crippen molar-refractivity contribution in [2.24, 2.45) is 0 Å². The lowest BCUT2D eigenvalue weighted by Crippen LogP contribution is -1.92. The Morgan fingerprint density at radius 1 is 0.367 bits per heavy atom. The van der Waals surface area contributed by atoms with E-state index < -0.39 is 0 Å². The van der Waals surface area contributed by atoms with Crippen LogP contribution < -0.4 is 0 Å². The van der Waals surface area contributed by atoms with Crippen LogP contribution in [0.4, 0.5) is 0 Å². The molecule has 0 aliphatic carbocycles. The minimum atomic E-state index is -0.253. The summed E-state index contributed by atoms with van der Waals surface area (Å²) in [6.07, 6.45) is 0. The van der Waals surface area contributed by atoms with Gasteiger partial charge in [-0.05, 0) is 89.6 Å². The Labute approximate surface area is 289 Å². The number of fused-ring (bicyclic) bond motifs is 7. The van der Waals surface area contributed by atoms with Crippen molar-refractivity contribution in [1.82, 2.24) is 0 Å². The van der Waals surface area contributed by atoms with Gasteiger partial charge in [-0.2, -0.15) is 0 Å². The van der Waals surface area contributed by atoms with Crippen LogP contribution in [0.15, 0.2) is 186 Å². The Hall–Kier alpha value is -6.44. The number of benzene rings is 9. The van der Waals surface area contributed by atoms with E-state index in [1.807, 2.05) is 78.9 Å². The summed E-state index contributed by atoms with van der Waals surface area (Å²) in [6, 6.07) is 52.9. The molecule has 10 rings (SSSR count). The molecule has 1 heterocycles. The van der Waals surface area contributed by atoms with E-state index in [4.69, 9.17) is 7.16 Å². The Bertz CT molecular complexity index is 3030. The molecule has 0 bridgehead atoms. The third-order valence-corrected chi connectivity index (χ3v) is 9.80. The van der Waals surface area contributed by atoms with E-state index in [0.29, 0.717) is 11.1 Å². The minimum absolute atomic E-state index is 0.0597. The molecule has 0 saturated carbocycles. The number of hydrogen-bond acceptors (Lipinski definition) is 1. The van der Waals surface area contributed by atoms with Crippen LogP contribution in [0.25, 0.3) is 98.8 Å². The van der Waals surface area contributed by atoms with Gasteiger partial charge in [0, 0.05) is 16.2 Å². The molecule has 0 spiro atoms. The highest BCUT2D eigenvalue weighted by atomic mass is 16.3. The highest BCUT2D eigenvalue weighted by Crippen LogP contribution is 2.47. The lowest BCUT2D eigenvalue weighted by molar-refractivity contribution is 0.672. The van der Waals surface area contributed by atoms with E-state index in [2.05, 4.69) is 78.9 Å². The summed E-state index contributed by atoms with van der Waals surface area (Å²) in [5.41, 5.74) is 8.41. The molecule has 0 saturated heterocycles. The molecule has 49 heavy (non-hydrogen) atoms. The number of hydrogen-bond donors (Lipinski definition) is 0. The predicted molar refractivity (Wildman–Crippen MR) is 208 cm³/mol. The summed E-state index contributed by atoms with van der Waals surface area (Å²) in [5.74, 6) is 0. The molecule has 0 amide bonds. The molecule has 1 nitrogen and oxygen atoms in total. The molecule has 0 aliphatic rings. The Balaban J connectivity index is 1.26.